The van der Waals surface area contributed by atoms with E-state index in [0.717, 1.165) is 12.1 Å². The number of rotatable bonds is 2. The minimum atomic E-state index is -4.46. The lowest BCUT2D eigenvalue weighted by molar-refractivity contribution is -0.137. The molecule has 0 aliphatic heterocycles. The standard InChI is InChI=1S/C15H15BrF3NO3/c1-14(2,3)23-13(21)20-7-9-6-10-11(16)4-8(15(17,18)19)5-12(10)22-9/h4-6H,7H2,1-3H3,(H,20,21). The highest BCUT2D eigenvalue weighted by molar-refractivity contribution is 9.10. The van der Waals surface area contributed by atoms with Crippen molar-refractivity contribution in [1.82, 2.24) is 5.32 Å². The quantitative estimate of drug-likeness (QED) is 0.758. The average molecular weight is 394 g/mol. The number of nitrogens with one attached hydrogen (secondary N) is 1. The molecule has 8 heteroatoms. The fraction of sp³-hybridized carbons (Fsp3) is 0.400. The summed E-state index contributed by atoms with van der Waals surface area (Å²) in [4.78, 5) is 11.6. The number of amides is 1. The normalized spacial score (nSPS) is 12.5. The molecule has 4 nitrogen and oxygen atoms in total. The summed E-state index contributed by atoms with van der Waals surface area (Å²) in [5, 5.41) is 2.99. The maximum Gasteiger partial charge on any atom is 0.416 e. The van der Waals surface area contributed by atoms with Crippen LogP contribution in [-0.2, 0) is 17.5 Å². The summed E-state index contributed by atoms with van der Waals surface area (Å²) in [5.41, 5.74) is -1.35. The fourth-order valence-electron chi connectivity index (χ4n) is 1.87. The summed E-state index contributed by atoms with van der Waals surface area (Å²) < 4.78 is 49.0. The molecule has 1 heterocycles. The van der Waals surface area contributed by atoms with Crippen LogP contribution in [0.4, 0.5) is 18.0 Å². The Bertz CT molecular complexity index is 732. The highest BCUT2D eigenvalue weighted by atomic mass is 79.9. The number of carbonyl (C=O) groups is 1. The number of furan rings is 1. The first kappa shape index (κ1) is 17.7. The van der Waals surface area contributed by atoms with E-state index in [1.54, 1.807) is 26.8 Å². The second-order valence-electron chi connectivity index (χ2n) is 5.94. The third-order valence-electron chi connectivity index (χ3n) is 2.77. The number of alkyl carbamates (subject to hydrolysis) is 1. The first-order chi connectivity index (χ1) is 10.5. The van der Waals surface area contributed by atoms with Gasteiger partial charge in [-0.2, -0.15) is 13.2 Å². The molecule has 0 atom stereocenters. The van der Waals surface area contributed by atoms with Gasteiger partial charge in [-0.25, -0.2) is 4.79 Å². The molecular formula is C15H15BrF3NO3. The molecule has 0 saturated heterocycles. The molecule has 23 heavy (non-hydrogen) atoms. The summed E-state index contributed by atoms with van der Waals surface area (Å²) in [7, 11) is 0. The second-order valence-corrected chi connectivity index (χ2v) is 6.79. The van der Waals surface area contributed by atoms with E-state index in [-0.39, 0.29) is 16.6 Å². The minimum Gasteiger partial charge on any atom is -0.459 e. The van der Waals surface area contributed by atoms with E-state index in [2.05, 4.69) is 21.2 Å². The number of halogens is 4. The molecule has 0 unspecified atom stereocenters. The molecule has 0 saturated carbocycles. The molecule has 0 radical (unpaired) electrons. The third-order valence-corrected chi connectivity index (χ3v) is 3.43. The Labute approximate surface area is 139 Å². The van der Waals surface area contributed by atoms with Crippen molar-refractivity contribution < 1.29 is 27.1 Å². The van der Waals surface area contributed by atoms with Gasteiger partial charge in [-0.15, -0.1) is 0 Å². The van der Waals surface area contributed by atoms with Crippen LogP contribution in [0.5, 0.6) is 0 Å². The van der Waals surface area contributed by atoms with Gasteiger partial charge in [0.25, 0.3) is 0 Å². The zero-order chi connectivity index (χ0) is 17.4. The number of fused-ring (bicyclic) bond motifs is 1. The first-order valence-electron chi connectivity index (χ1n) is 6.72. The SMILES string of the molecule is CC(C)(C)OC(=O)NCc1cc2c(Br)cc(C(F)(F)F)cc2o1. The van der Waals surface area contributed by atoms with Crippen molar-refractivity contribution in [3.05, 3.63) is 34.0 Å². The van der Waals surface area contributed by atoms with Crippen molar-refractivity contribution in [3.8, 4) is 0 Å². The van der Waals surface area contributed by atoms with E-state index < -0.39 is 23.4 Å². The van der Waals surface area contributed by atoms with Crippen LogP contribution in [0, 0.1) is 0 Å². The lowest BCUT2D eigenvalue weighted by Gasteiger charge is -2.19. The van der Waals surface area contributed by atoms with Gasteiger partial charge in [0.2, 0.25) is 0 Å². The van der Waals surface area contributed by atoms with Gasteiger partial charge in [-0.1, -0.05) is 15.9 Å². The maximum atomic E-state index is 12.8. The molecule has 0 aliphatic rings. The molecule has 0 spiro atoms. The Hall–Kier alpha value is -1.70. The molecular weight excluding hydrogens is 379 g/mol. The summed E-state index contributed by atoms with van der Waals surface area (Å²) >= 11 is 3.10. The van der Waals surface area contributed by atoms with Gasteiger partial charge in [0, 0.05) is 9.86 Å². The van der Waals surface area contributed by atoms with Crippen LogP contribution in [0.2, 0.25) is 0 Å². The Balaban J connectivity index is 2.18. The van der Waals surface area contributed by atoms with E-state index in [4.69, 9.17) is 9.15 Å². The lowest BCUT2D eigenvalue weighted by atomic mass is 10.1. The van der Waals surface area contributed by atoms with Gasteiger partial charge in [0.1, 0.15) is 16.9 Å². The maximum absolute atomic E-state index is 12.8. The van der Waals surface area contributed by atoms with Crippen LogP contribution in [0.25, 0.3) is 11.0 Å². The predicted octanol–water partition coefficient (Wildman–Crippen LogP) is 5.24. The van der Waals surface area contributed by atoms with Gasteiger partial charge in [-0.3, -0.25) is 0 Å². The zero-order valence-electron chi connectivity index (χ0n) is 12.7. The topological polar surface area (TPSA) is 51.5 Å². The highest BCUT2D eigenvalue weighted by Gasteiger charge is 2.31. The minimum absolute atomic E-state index is 0.0113. The van der Waals surface area contributed by atoms with Crippen LogP contribution in [0.1, 0.15) is 32.1 Å². The Morgan fingerprint density at radius 2 is 1.91 bits per heavy atom. The van der Waals surface area contributed by atoms with Crippen LogP contribution in [0.15, 0.2) is 27.1 Å². The highest BCUT2D eigenvalue weighted by Crippen LogP contribution is 2.36. The smallest absolute Gasteiger partial charge is 0.416 e. The van der Waals surface area contributed by atoms with E-state index in [1.807, 2.05) is 0 Å². The summed E-state index contributed by atoms with van der Waals surface area (Å²) in [5.74, 6) is 0.325. The monoisotopic (exact) mass is 393 g/mol. The summed E-state index contributed by atoms with van der Waals surface area (Å²) in [6, 6.07) is 3.48. The van der Waals surface area contributed by atoms with E-state index >= 15 is 0 Å². The van der Waals surface area contributed by atoms with Gasteiger partial charge >= 0.3 is 12.3 Å². The Morgan fingerprint density at radius 1 is 1.26 bits per heavy atom. The molecule has 2 aromatic rings. The fourth-order valence-corrected chi connectivity index (χ4v) is 2.43. The molecule has 0 fully saturated rings. The molecule has 1 amide bonds. The Morgan fingerprint density at radius 3 is 2.48 bits per heavy atom. The average Bonchev–Trinajstić information content (AvgIpc) is 2.77. The molecule has 126 valence electrons. The van der Waals surface area contributed by atoms with Gasteiger partial charge in [0.05, 0.1) is 12.1 Å². The second kappa shape index (κ2) is 6.07. The van der Waals surface area contributed by atoms with Crippen molar-refractivity contribution >= 4 is 33.0 Å². The number of carbonyl (C=O) groups excluding carboxylic acids is 1. The summed E-state index contributed by atoms with van der Waals surface area (Å²) in [6.07, 6.45) is -5.09. The third kappa shape index (κ3) is 4.63. The lowest BCUT2D eigenvalue weighted by Crippen LogP contribution is -2.32. The van der Waals surface area contributed by atoms with Crippen molar-refractivity contribution in [2.24, 2.45) is 0 Å². The van der Waals surface area contributed by atoms with E-state index in [9.17, 15) is 18.0 Å². The summed E-state index contributed by atoms with van der Waals surface area (Å²) in [6.45, 7) is 5.19. The van der Waals surface area contributed by atoms with Crippen molar-refractivity contribution in [2.45, 2.75) is 39.1 Å². The van der Waals surface area contributed by atoms with Crippen molar-refractivity contribution in [1.29, 1.82) is 0 Å². The van der Waals surface area contributed by atoms with E-state index in [1.165, 1.54) is 0 Å². The zero-order valence-corrected chi connectivity index (χ0v) is 14.3. The van der Waals surface area contributed by atoms with Gasteiger partial charge in [0.15, 0.2) is 0 Å². The van der Waals surface area contributed by atoms with Crippen LogP contribution >= 0.6 is 15.9 Å². The van der Waals surface area contributed by atoms with Crippen molar-refractivity contribution in [3.63, 3.8) is 0 Å². The van der Waals surface area contributed by atoms with Crippen LogP contribution in [-0.4, -0.2) is 11.7 Å². The van der Waals surface area contributed by atoms with Gasteiger partial charge in [-0.05, 0) is 39.0 Å². The molecule has 0 aliphatic carbocycles. The van der Waals surface area contributed by atoms with Crippen LogP contribution in [0.3, 0.4) is 0 Å². The number of hydrogen-bond donors (Lipinski definition) is 1. The predicted molar refractivity (Wildman–Crippen MR) is 82.0 cm³/mol. The van der Waals surface area contributed by atoms with E-state index in [0.29, 0.717) is 11.1 Å². The Kier molecular flexibility index (Phi) is 4.66. The van der Waals surface area contributed by atoms with Crippen LogP contribution < -0.4 is 5.32 Å². The van der Waals surface area contributed by atoms with Gasteiger partial charge < -0.3 is 14.5 Å². The number of benzene rings is 1. The largest absolute Gasteiger partial charge is 0.459 e. The molecule has 1 N–H and O–H groups in total. The molecule has 1 aromatic carbocycles. The number of alkyl halides is 3. The number of ether oxygens (including phenoxy) is 1. The molecule has 1 aromatic heterocycles. The first-order valence-corrected chi connectivity index (χ1v) is 7.51. The number of hydrogen-bond acceptors (Lipinski definition) is 3. The van der Waals surface area contributed by atoms with Crippen molar-refractivity contribution in [2.75, 3.05) is 0 Å². The molecule has 2 rings (SSSR count). The molecule has 0 bridgehead atoms.